The van der Waals surface area contributed by atoms with Crippen LogP contribution in [0.1, 0.15) is 18.1 Å². The number of anilines is 4. The van der Waals surface area contributed by atoms with Crippen molar-refractivity contribution in [1.82, 2.24) is 19.9 Å². The zero-order valence-electron chi connectivity index (χ0n) is 20.3. The molecule has 0 bridgehead atoms. The average Bonchev–Trinajstić information content (AvgIpc) is 3.36. The van der Waals surface area contributed by atoms with E-state index in [0.717, 1.165) is 53.2 Å². The van der Waals surface area contributed by atoms with Crippen LogP contribution in [-0.2, 0) is 22.3 Å². The Bertz CT molecular complexity index is 1530. The van der Waals surface area contributed by atoms with E-state index in [2.05, 4.69) is 51.7 Å². The van der Waals surface area contributed by atoms with Gasteiger partial charge in [0.2, 0.25) is 16.0 Å². The summed E-state index contributed by atoms with van der Waals surface area (Å²) in [5, 5.41) is 7.72. The number of benzene rings is 2. The highest BCUT2D eigenvalue weighted by Gasteiger charge is 2.32. The van der Waals surface area contributed by atoms with Gasteiger partial charge in [0.1, 0.15) is 5.65 Å². The Morgan fingerprint density at radius 1 is 1.14 bits per heavy atom. The summed E-state index contributed by atoms with van der Waals surface area (Å²) in [6.45, 7) is 5.71. The number of nitrogens with zero attached hydrogens (tertiary/aromatic N) is 5. The zero-order valence-corrected chi connectivity index (χ0v) is 21.2. The number of aromatic nitrogens is 3. The van der Waals surface area contributed by atoms with E-state index in [9.17, 15) is 8.42 Å². The Kier molecular flexibility index (Phi) is 5.57. The molecule has 186 valence electrons. The smallest absolute Gasteiger partial charge is 0.239 e. The highest BCUT2D eigenvalue weighted by atomic mass is 32.2. The first-order chi connectivity index (χ1) is 17.4. The van der Waals surface area contributed by atoms with Crippen LogP contribution in [0.25, 0.3) is 11.0 Å². The first-order valence-corrected chi connectivity index (χ1v) is 13.7. The minimum absolute atomic E-state index is 0.0435. The van der Waals surface area contributed by atoms with E-state index in [-0.39, 0.29) is 5.75 Å². The first kappa shape index (κ1) is 22.8. The van der Waals surface area contributed by atoms with E-state index in [0.29, 0.717) is 18.5 Å². The molecule has 1 saturated heterocycles. The molecule has 0 amide bonds. The van der Waals surface area contributed by atoms with Gasteiger partial charge in [0, 0.05) is 61.9 Å². The van der Waals surface area contributed by atoms with Crippen molar-refractivity contribution in [3.63, 3.8) is 0 Å². The molecule has 1 atom stereocenters. The summed E-state index contributed by atoms with van der Waals surface area (Å²) in [7, 11) is -1.68. The molecule has 2 aromatic heterocycles. The molecular formula is C26H29N7O2S. The third kappa shape index (κ3) is 4.16. The second-order valence-corrected chi connectivity index (χ2v) is 11.5. The van der Waals surface area contributed by atoms with Crippen molar-refractivity contribution in [2.45, 2.75) is 25.3 Å². The molecule has 2 aliphatic rings. The van der Waals surface area contributed by atoms with E-state index in [1.165, 1.54) is 9.99 Å². The van der Waals surface area contributed by atoms with Crippen molar-refractivity contribution in [1.29, 1.82) is 0 Å². The van der Waals surface area contributed by atoms with Crippen molar-refractivity contribution in [2.24, 2.45) is 0 Å². The third-order valence-electron chi connectivity index (χ3n) is 6.97. The van der Waals surface area contributed by atoms with Crippen LogP contribution in [0.3, 0.4) is 0 Å². The first-order valence-electron chi connectivity index (χ1n) is 12.1. The largest absolute Gasteiger partial charge is 0.369 e. The maximum Gasteiger partial charge on any atom is 0.239 e. The molecule has 10 heteroatoms. The summed E-state index contributed by atoms with van der Waals surface area (Å²) < 4.78 is 28.3. The summed E-state index contributed by atoms with van der Waals surface area (Å²) >= 11 is 0. The van der Waals surface area contributed by atoms with Gasteiger partial charge in [-0.2, -0.15) is 4.98 Å². The maximum absolute atomic E-state index is 12.4. The van der Waals surface area contributed by atoms with Gasteiger partial charge >= 0.3 is 0 Å². The van der Waals surface area contributed by atoms with Crippen LogP contribution in [0.2, 0.25) is 0 Å². The van der Waals surface area contributed by atoms with Gasteiger partial charge in [0.15, 0.2) is 0 Å². The zero-order chi connectivity index (χ0) is 24.9. The Balaban J connectivity index is 1.24. The molecule has 0 spiro atoms. The fraction of sp³-hybridized carbons (Fsp3) is 0.308. The molecule has 2 aliphatic heterocycles. The number of rotatable bonds is 5. The molecule has 2 N–H and O–H groups in total. The molecular weight excluding hydrogens is 474 g/mol. The molecule has 1 fully saturated rings. The van der Waals surface area contributed by atoms with Crippen LogP contribution in [0.15, 0.2) is 60.9 Å². The Hall–Kier alpha value is -3.63. The number of piperazine rings is 1. The van der Waals surface area contributed by atoms with Gasteiger partial charge in [-0.05, 0) is 48.4 Å². The molecule has 1 unspecified atom stereocenters. The van der Waals surface area contributed by atoms with E-state index < -0.39 is 10.0 Å². The number of hydrogen-bond donors (Lipinski definition) is 2. The summed E-state index contributed by atoms with van der Waals surface area (Å²) in [5.41, 5.74) is 5.47. The van der Waals surface area contributed by atoms with Crippen molar-refractivity contribution in [2.75, 3.05) is 41.2 Å². The molecule has 0 saturated carbocycles. The molecule has 9 nitrogen and oxygen atoms in total. The minimum Gasteiger partial charge on any atom is -0.369 e. The summed E-state index contributed by atoms with van der Waals surface area (Å²) in [5.74, 6) is 0.561. The molecule has 4 aromatic rings. The van der Waals surface area contributed by atoms with Crippen molar-refractivity contribution < 1.29 is 8.42 Å². The predicted molar refractivity (Wildman–Crippen MR) is 144 cm³/mol. The Morgan fingerprint density at radius 2 is 1.97 bits per heavy atom. The number of nitrogens with one attached hydrogen (secondary N) is 2. The van der Waals surface area contributed by atoms with E-state index >= 15 is 0 Å². The van der Waals surface area contributed by atoms with Gasteiger partial charge in [0.25, 0.3) is 0 Å². The molecule has 0 radical (unpaired) electrons. The predicted octanol–water partition coefficient (Wildman–Crippen LogP) is 3.30. The maximum atomic E-state index is 12.4. The van der Waals surface area contributed by atoms with Crippen molar-refractivity contribution in [3.8, 4) is 0 Å². The Morgan fingerprint density at radius 3 is 2.78 bits per heavy atom. The fourth-order valence-electron chi connectivity index (χ4n) is 5.12. The quantitative estimate of drug-likeness (QED) is 0.431. The van der Waals surface area contributed by atoms with E-state index in [1.807, 2.05) is 41.2 Å². The van der Waals surface area contributed by atoms with Gasteiger partial charge < -0.3 is 20.1 Å². The lowest BCUT2D eigenvalue weighted by atomic mass is 10.1. The van der Waals surface area contributed by atoms with Gasteiger partial charge in [-0.1, -0.05) is 18.2 Å². The standard InChI is InChI=1S/C26H29N7O2S/c1-18-15-32(13-11-27-18)23-8-6-22(7-9-23)29-26-28-14-19-10-12-33(25(19)30-26)16-20-4-3-5-21-17-36(34,35)31(2)24(20)21/h3-10,12,14,18,27H,11,13,15-17H2,1-2H3,(H,28,29,30). The van der Waals surface area contributed by atoms with Crippen LogP contribution in [0, 0.1) is 0 Å². The summed E-state index contributed by atoms with van der Waals surface area (Å²) in [6.07, 6.45) is 3.78. The van der Waals surface area contributed by atoms with Crippen LogP contribution in [0.5, 0.6) is 0 Å². The molecule has 36 heavy (non-hydrogen) atoms. The number of sulfonamides is 1. The fourth-order valence-corrected chi connectivity index (χ4v) is 6.45. The van der Waals surface area contributed by atoms with Crippen LogP contribution >= 0.6 is 0 Å². The third-order valence-corrected chi connectivity index (χ3v) is 8.67. The molecule has 6 rings (SSSR count). The van der Waals surface area contributed by atoms with Gasteiger partial charge in [0.05, 0.1) is 18.0 Å². The highest BCUT2D eigenvalue weighted by molar-refractivity contribution is 7.92. The molecule has 0 aliphatic carbocycles. The van der Waals surface area contributed by atoms with Crippen molar-refractivity contribution in [3.05, 3.63) is 72.1 Å². The summed E-state index contributed by atoms with van der Waals surface area (Å²) in [6, 6.07) is 16.6. The average molecular weight is 504 g/mol. The number of hydrogen-bond acceptors (Lipinski definition) is 7. The SMILES string of the molecule is CC1CN(c2ccc(Nc3ncc4ccn(Cc5cccc6c5N(C)S(=O)(=O)C6)c4n3)cc2)CCN1. The monoisotopic (exact) mass is 503 g/mol. The van der Waals surface area contributed by atoms with Gasteiger partial charge in [-0.15, -0.1) is 0 Å². The van der Waals surface area contributed by atoms with E-state index in [1.54, 1.807) is 7.05 Å². The number of fused-ring (bicyclic) bond motifs is 2. The second-order valence-electron chi connectivity index (χ2n) is 9.54. The lowest BCUT2D eigenvalue weighted by Gasteiger charge is -2.33. The molecule has 2 aromatic carbocycles. The topological polar surface area (TPSA) is 95.4 Å². The minimum atomic E-state index is -3.30. The summed E-state index contributed by atoms with van der Waals surface area (Å²) in [4.78, 5) is 11.7. The van der Waals surface area contributed by atoms with Gasteiger partial charge in [-0.3, -0.25) is 4.31 Å². The van der Waals surface area contributed by atoms with Gasteiger partial charge in [-0.25, -0.2) is 13.4 Å². The van der Waals surface area contributed by atoms with Crippen LogP contribution < -0.4 is 19.8 Å². The van der Waals surface area contributed by atoms with E-state index in [4.69, 9.17) is 4.98 Å². The normalized spacial score (nSPS) is 19.0. The van der Waals surface area contributed by atoms with Crippen LogP contribution in [0.4, 0.5) is 23.0 Å². The lowest BCUT2D eigenvalue weighted by molar-refractivity contribution is 0.485. The highest BCUT2D eigenvalue weighted by Crippen LogP contribution is 2.36. The lowest BCUT2D eigenvalue weighted by Crippen LogP contribution is -2.49. The van der Waals surface area contributed by atoms with Crippen LogP contribution in [-0.4, -0.2) is 55.7 Å². The second kappa shape index (κ2) is 8.79. The Labute approximate surface area is 210 Å². The number of para-hydroxylation sites is 1. The molecule has 4 heterocycles. The van der Waals surface area contributed by atoms with Crippen molar-refractivity contribution >= 4 is 44.1 Å².